The number of aryl methyl sites for hydroxylation is 2. The molecule has 1 aliphatic heterocycles. The van der Waals surface area contributed by atoms with Gasteiger partial charge in [0.1, 0.15) is 12.4 Å². The summed E-state index contributed by atoms with van der Waals surface area (Å²) in [5.41, 5.74) is 0.435. The molecule has 3 heterocycles. The zero-order valence-electron chi connectivity index (χ0n) is 11.6. The molecule has 2 aromatic heterocycles. The van der Waals surface area contributed by atoms with Crippen molar-refractivity contribution in [2.75, 3.05) is 0 Å². The van der Waals surface area contributed by atoms with Gasteiger partial charge in [0.25, 0.3) is 0 Å². The second-order valence-corrected chi connectivity index (χ2v) is 5.25. The number of nitrogens with zero attached hydrogens (tertiary/aromatic N) is 4. The number of hydrogen-bond acceptors (Lipinski definition) is 3. The predicted molar refractivity (Wildman–Crippen MR) is 73.8 cm³/mol. The molecular formula is C14H18N4O2. The van der Waals surface area contributed by atoms with Crippen LogP contribution in [0.25, 0.3) is 0 Å². The third-order valence-corrected chi connectivity index (χ3v) is 3.80. The Morgan fingerprint density at radius 3 is 2.95 bits per heavy atom. The van der Waals surface area contributed by atoms with Crippen molar-refractivity contribution in [3.8, 4) is 0 Å². The summed E-state index contributed by atoms with van der Waals surface area (Å²) in [4.78, 5) is 24.5. The van der Waals surface area contributed by atoms with E-state index < -0.39 is 0 Å². The van der Waals surface area contributed by atoms with Crippen molar-refractivity contribution in [1.29, 1.82) is 0 Å². The highest BCUT2D eigenvalue weighted by atomic mass is 16.2. The van der Waals surface area contributed by atoms with Gasteiger partial charge in [-0.05, 0) is 25.0 Å². The van der Waals surface area contributed by atoms with Crippen molar-refractivity contribution in [1.82, 2.24) is 18.9 Å². The Balaban J connectivity index is 1.87. The lowest BCUT2D eigenvalue weighted by atomic mass is 10.2. The third kappa shape index (κ3) is 2.21. The molecule has 0 aromatic carbocycles. The van der Waals surface area contributed by atoms with Gasteiger partial charge in [0, 0.05) is 26.2 Å². The van der Waals surface area contributed by atoms with Gasteiger partial charge < -0.3 is 4.57 Å². The lowest BCUT2D eigenvalue weighted by molar-refractivity contribution is 0.0958. The second kappa shape index (κ2) is 5.11. The lowest BCUT2D eigenvalue weighted by Gasteiger charge is -2.02. The molecule has 0 unspecified atom stereocenters. The van der Waals surface area contributed by atoms with Crippen molar-refractivity contribution in [3.05, 3.63) is 40.3 Å². The maximum absolute atomic E-state index is 12.3. The number of fused-ring (bicyclic) bond motifs is 1. The van der Waals surface area contributed by atoms with Gasteiger partial charge in [-0.25, -0.2) is 9.48 Å². The minimum absolute atomic E-state index is 0.0106. The van der Waals surface area contributed by atoms with Gasteiger partial charge >= 0.3 is 5.69 Å². The van der Waals surface area contributed by atoms with E-state index in [2.05, 4.69) is 5.10 Å². The van der Waals surface area contributed by atoms with Gasteiger partial charge in [-0.3, -0.25) is 9.36 Å². The first kappa shape index (κ1) is 12.9. The molecular weight excluding hydrogens is 256 g/mol. The lowest BCUT2D eigenvalue weighted by Crippen LogP contribution is -2.28. The predicted octanol–water partition coefficient (Wildman–Crippen LogP) is 0.993. The summed E-state index contributed by atoms with van der Waals surface area (Å²) in [6, 6.07) is 3.58. The van der Waals surface area contributed by atoms with Crippen LogP contribution < -0.4 is 5.69 Å². The molecule has 0 atom stereocenters. The van der Waals surface area contributed by atoms with Gasteiger partial charge in [-0.15, -0.1) is 0 Å². The number of Topliss-reactive ketones (excluding diaryl/α,β-unsaturated/α-hetero) is 1. The SMILES string of the molecule is Cn1cccc1C(=O)Cn1nc2n(c1=O)CCCCC2. The largest absolute Gasteiger partial charge is 0.348 e. The molecule has 6 heteroatoms. The molecule has 0 amide bonds. The summed E-state index contributed by atoms with van der Waals surface area (Å²) in [6.07, 6.45) is 5.83. The Morgan fingerprint density at radius 1 is 1.35 bits per heavy atom. The second-order valence-electron chi connectivity index (χ2n) is 5.25. The Hall–Kier alpha value is -2.11. The van der Waals surface area contributed by atoms with Crippen molar-refractivity contribution in [2.45, 2.75) is 38.8 Å². The molecule has 3 rings (SSSR count). The van der Waals surface area contributed by atoms with Gasteiger partial charge in [0.2, 0.25) is 5.78 Å². The fourth-order valence-corrected chi connectivity index (χ4v) is 2.70. The number of hydrogen-bond donors (Lipinski definition) is 0. The van der Waals surface area contributed by atoms with Crippen molar-refractivity contribution in [2.24, 2.45) is 7.05 Å². The topological polar surface area (TPSA) is 61.8 Å². The van der Waals surface area contributed by atoms with Crippen LogP contribution in [0.2, 0.25) is 0 Å². The smallest absolute Gasteiger partial charge is 0.346 e. The first-order valence-corrected chi connectivity index (χ1v) is 6.98. The van der Waals surface area contributed by atoms with Gasteiger partial charge in [0.05, 0.1) is 5.69 Å². The molecule has 0 radical (unpaired) electrons. The molecule has 0 spiro atoms. The van der Waals surface area contributed by atoms with Crippen LogP contribution >= 0.6 is 0 Å². The van der Waals surface area contributed by atoms with E-state index >= 15 is 0 Å². The standard InChI is InChI=1S/C14H18N4O2/c1-16-8-5-6-11(16)12(19)10-18-14(20)17-9-4-2-3-7-13(17)15-18/h5-6,8H,2-4,7,9-10H2,1H3. The highest BCUT2D eigenvalue weighted by Crippen LogP contribution is 2.10. The van der Waals surface area contributed by atoms with E-state index in [1.807, 2.05) is 19.3 Å². The van der Waals surface area contributed by atoms with Crippen LogP contribution in [0.3, 0.4) is 0 Å². The first-order chi connectivity index (χ1) is 9.66. The molecule has 0 saturated heterocycles. The zero-order valence-corrected chi connectivity index (χ0v) is 11.6. The van der Waals surface area contributed by atoms with Crippen molar-refractivity contribution >= 4 is 5.78 Å². The molecule has 2 aromatic rings. The van der Waals surface area contributed by atoms with Crippen LogP contribution in [0.4, 0.5) is 0 Å². The van der Waals surface area contributed by atoms with E-state index in [-0.39, 0.29) is 18.0 Å². The van der Waals surface area contributed by atoms with E-state index in [4.69, 9.17) is 0 Å². The average Bonchev–Trinajstić information content (AvgIpc) is 2.87. The van der Waals surface area contributed by atoms with Crippen LogP contribution in [0.1, 0.15) is 35.6 Å². The normalized spacial score (nSPS) is 14.8. The van der Waals surface area contributed by atoms with Crippen LogP contribution in [-0.4, -0.2) is 24.7 Å². The minimum Gasteiger partial charge on any atom is -0.348 e. The van der Waals surface area contributed by atoms with E-state index in [1.54, 1.807) is 15.2 Å². The maximum atomic E-state index is 12.3. The number of rotatable bonds is 3. The Kier molecular flexibility index (Phi) is 3.30. The molecule has 0 bridgehead atoms. The molecule has 6 nitrogen and oxygen atoms in total. The zero-order chi connectivity index (χ0) is 14.1. The molecule has 0 N–H and O–H groups in total. The molecule has 20 heavy (non-hydrogen) atoms. The molecule has 0 fully saturated rings. The Labute approximate surface area is 116 Å². The number of carbonyl (C=O) groups is 1. The average molecular weight is 274 g/mol. The molecule has 0 aliphatic carbocycles. The van der Waals surface area contributed by atoms with Gasteiger partial charge in [-0.2, -0.15) is 5.10 Å². The summed E-state index contributed by atoms with van der Waals surface area (Å²) >= 11 is 0. The number of ketones is 1. The minimum atomic E-state index is -0.163. The summed E-state index contributed by atoms with van der Waals surface area (Å²) in [5, 5.41) is 4.33. The van der Waals surface area contributed by atoms with Gasteiger partial charge in [-0.1, -0.05) is 6.42 Å². The van der Waals surface area contributed by atoms with E-state index in [9.17, 15) is 9.59 Å². The van der Waals surface area contributed by atoms with Crippen molar-refractivity contribution < 1.29 is 4.79 Å². The van der Waals surface area contributed by atoms with E-state index in [0.29, 0.717) is 12.2 Å². The van der Waals surface area contributed by atoms with E-state index in [1.165, 1.54) is 4.68 Å². The quantitative estimate of drug-likeness (QED) is 0.784. The fourth-order valence-electron chi connectivity index (χ4n) is 2.70. The van der Waals surface area contributed by atoms with Crippen LogP contribution in [-0.2, 0) is 26.6 Å². The third-order valence-electron chi connectivity index (χ3n) is 3.80. The Morgan fingerprint density at radius 2 is 2.20 bits per heavy atom. The van der Waals surface area contributed by atoms with Crippen LogP contribution in [0, 0.1) is 0 Å². The van der Waals surface area contributed by atoms with Gasteiger partial charge in [0.15, 0.2) is 0 Å². The highest BCUT2D eigenvalue weighted by molar-refractivity contribution is 5.94. The number of aromatic nitrogens is 4. The highest BCUT2D eigenvalue weighted by Gasteiger charge is 2.18. The fraction of sp³-hybridized carbons (Fsp3) is 0.500. The molecule has 106 valence electrons. The maximum Gasteiger partial charge on any atom is 0.346 e. The summed E-state index contributed by atoms with van der Waals surface area (Å²) < 4.78 is 4.77. The van der Waals surface area contributed by atoms with E-state index in [0.717, 1.165) is 31.5 Å². The monoisotopic (exact) mass is 274 g/mol. The van der Waals surface area contributed by atoms with Crippen LogP contribution in [0.5, 0.6) is 0 Å². The molecule has 1 aliphatic rings. The summed E-state index contributed by atoms with van der Waals surface area (Å²) in [6.45, 7) is 0.725. The van der Waals surface area contributed by atoms with Crippen molar-refractivity contribution in [3.63, 3.8) is 0 Å². The summed E-state index contributed by atoms with van der Waals surface area (Å²) in [7, 11) is 1.82. The molecule has 0 saturated carbocycles. The first-order valence-electron chi connectivity index (χ1n) is 6.98. The number of carbonyl (C=O) groups excluding carboxylic acids is 1. The van der Waals surface area contributed by atoms with Crippen LogP contribution in [0.15, 0.2) is 23.1 Å². The summed E-state index contributed by atoms with van der Waals surface area (Å²) in [5.74, 6) is 0.722. The Bertz CT molecular complexity index is 692.